The van der Waals surface area contributed by atoms with Gasteiger partial charge in [0, 0.05) is 17.0 Å². The van der Waals surface area contributed by atoms with Gasteiger partial charge in [0.2, 0.25) is 0 Å². The number of benzene rings is 4. The van der Waals surface area contributed by atoms with Gasteiger partial charge in [-0.15, -0.1) is 0 Å². The second kappa shape index (κ2) is 8.94. The Kier molecular flexibility index (Phi) is 5.90. The molecule has 0 aliphatic carbocycles. The monoisotopic (exact) mass is 428 g/mol. The van der Waals surface area contributed by atoms with Crippen LogP contribution in [0.5, 0.6) is 17.2 Å². The van der Waals surface area contributed by atoms with Gasteiger partial charge in [-0.25, -0.2) is 9.18 Å². The highest BCUT2D eigenvalue weighted by atomic mass is 19.1. The van der Waals surface area contributed by atoms with Gasteiger partial charge in [-0.2, -0.15) is 0 Å². The molecule has 0 atom stereocenters. The molecule has 5 heteroatoms. The number of ether oxygens (including phenoxy) is 2. The van der Waals surface area contributed by atoms with Gasteiger partial charge >= 0.3 is 5.97 Å². The van der Waals surface area contributed by atoms with E-state index in [1.807, 2.05) is 55.5 Å². The molecule has 0 amide bonds. The first-order valence-corrected chi connectivity index (χ1v) is 10.0. The predicted octanol–water partition coefficient (Wildman–Crippen LogP) is 6.85. The number of rotatable bonds is 6. The minimum atomic E-state index is -1.10. The first kappa shape index (κ1) is 21.1. The van der Waals surface area contributed by atoms with E-state index in [2.05, 4.69) is 6.07 Å². The van der Waals surface area contributed by atoms with Crippen LogP contribution >= 0.6 is 0 Å². The summed E-state index contributed by atoms with van der Waals surface area (Å²) in [7, 11) is 1.61. The van der Waals surface area contributed by atoms with E-state index in [1.54, 1.807) is 13.2 Å². The topological polar surface area (TPSA) is 55.8 Å². The number of fused-ring (bicyclic) bond motifs is 1. The van der Waals surface area contributed by atoms with Crippen molar-refractivity contribution in [2.45, 2.75) is 6.92 Å². The summed E-state index contributed by atoms with van der Waals surface area (Å²) in [5.74, 6) is -0.366. The average molecular weight is 428 g/mol. The van der Waals surface area contributed by atoms with Crippen LogP contribution in [0, 0.1) is 12.7 Å². The molecular formula is C27H21FO4. The summed E-state index contributed by atoms with van der Waals surface area (Å²) in [4.78, 5) is 10.7. The largest absolute Gasteiger partial charge is 0.497 e. The van der Waals surface area contributed by atoms with Gasteiger partial charge in [0.15, 0.2) is 11.6 Å². The maximum Gasteiger partial charge on any atom is 0.328 e. The maximum atomic E-state index is 14.9. The Morgan fingerprint density at radius 1 is 1.00 bits per heavy atom. The van der Waals surface area contributed by atoms with Crippen LogP contribution in [0.3, 0.4) is 0 Å². The Morgan fingerprint density at radius 3 is 2.47 bits per heavy atom. The molecule has 0 spiro atoms. The highest BCUT2D eigenvalue weighted by Crippen LogP contribution is 2.43. The lowest BCUT2D eigenvalue weighted by Gasteiger charge is -2.18. The molecule has 32 heavy (non-hydrogen) atoms. The number of carbonyl (C=O) groups is 1. The third kappa shape index (κ3) is 4.32. The highest BCUT2D eigenvalue weighted by Gasteiger charge is 2.17. The highest BCUT2D eigenvalue weighted by molar-refractivity contribution is 5.97. The molecule has 0 aromatic heterocycles. The Labute approximate surface area is 185 Å². The van der Waals surface area contributed by atoms with Crippen molar-refractivity contribution >= 4 is 22.8 Å². The van der Waals surface area contributed by atoms with Crippen LogP contribution in [-0.4, -0.2) is 18.2 Å². The standard InChI is InChI=1S/C27H21FO4/c1-17-14-20-16-21(31-2)10-11-22(20)27(26(17)19-6-4-3-5-7-19)32-24-12-8-18(15-23(24)28)9-13-25(29)30/h3-16H,1-2H3,(H,29,30)/b13-9+. The molecule has 160 valence electrons. The minimum absolute atomic E-state index is 0.0531. The zero-order chi connectivity index (χ0) is 22.7. The molecule has 4 aromatic carbocycles. The predicted molar refractivity (Wildman–Crippen MR) is 124 cm³/mol. The molecule has 0 saturated heterocycles. The summed E-state index contributed by atoms with van der Waals surface area (Å²) in [6.07, 6.45) is 2.29. The summed E-state index contributed by atoms with van der Waals surface area (Å²) in [6.45, 7) is 1.99. The number of carboxylic acid groups (broad SMARTS) is 1. The van der Waals surface area contributed by atoms with E-state index in [4.69, 9.17) is 14.6 Å². The van der Waals surface area contributed by atoms with E-state index >= 15 is 0 Å². The molecule has 0 bridgehead atoms. The molecule has 0 aliphatic heterocycles. The van der Waals surface area contributed by atoms with Gasteiger partial charge in [-0.1, -0.05) is 42.5 Å². The molecule has 0 heterocycles. The fourth-order valence-electron chi connectivity index (χ4n) is 3.66. The molecule has 0 saturated carbocycles. The summed E-state index contributed by atoms with van der Waals surface area (Å²) < 4.78 is 26.4. The fraction of sp³-hybridized carbons (Fsp3) is 0.0741. The molecule has 0 unspecified atom stereocenters. The van der Waals surface area contributed by atoms with Gasteiger partial charge in [0.25, 0.3) is 0 Å². The first-order valence-electron chi connectivity index (χ1n) is 10.0. The molecule has 1 N–H and O–H groups in total. The van der Waals surface area contributed by atoms with Gasteiger partial charge in [-0.3, -0.25) is 0 Å². The van der Waals surface area contributed by atoms with Crippen LogP contribution in [0.25, 0.3) is 28.0 Å². The lowest BCUT2D eigenvalue weighted by molar-refractivity contribution is -0.131. The Morgan fingerprint density at radius 2 is 1.78 bits per heavy atom. The normalized spacial score (nSPS) is 11.1. The van der Waals surface area contributed by atoms with Crippen molar-refractivity contribution in [2.24, 2.45) is 0 Å². The molecular weight excluding hydrogens is 407 g/mol. The number of aliphatic carboxylic acids is 1. The molecule has 0 fully saturated rings. The maximum absolute atomic E-state index is 14.9. The smallest absolute Gasteiger partial charge is 0.328 e. The summed E-state index contributed by atoms with van der Waals surface area (Å²) in [5.41, 5.74) is 3.24. The van der Waals surface area contributed by atoms with Crippen LogP contribution in [0.2, 0.25) is 0 Å². The van der Waals surface area contributed by atoms with Crippen LogP contribution in [0.15, 0.2) is 78.9 Å². The quantitative estimate of drug-likeness (QED) is 0.341. The van der Waals surface area contributed by atoms with Gasteiger partial charge < -0.3 is 14.6 Å². The van der Waals surface area contributed by atoms with Crippen molar-refractivity contribution < 1.29 is 23.8 Å². The second-order valence-corrected chi connectivity index (χ2v) is 7.31. The van der Waals surface area contributed by atoms with Crippen LogP contribution < -0.4 is 9.47 Å². The van der Waals surface area contributed by atoms with Gasteiger partial charge in [0.05, 0.1) is 7.11 Å². The number of hydrogen-bond acceptors (Lipinski definition) is 3. The summed E-state index contributed by atoms with van der Waals surface area (Å²) in [6, 6.07) is 21.9. The molecule has 0 aliphatic rings. The zero-order valence-electron chi connectivity index (χ0n) is 17.6. The zero-order valence-corrected chi connectivity index (χ0v) is 17.6. The molecule has 4 aromatic rings. The van der Waals surface area contributed by atoms with Crippen molar-refractivity contribution in [3.63, 3.8) is 0 Å². The van der Waals surface area contributed by atoms with Crippen molar-refractivity contribution in [1.29, 1.82) is 0 Å². The Balaban J connectivity index is 1.87. The minimum Gasteiger partial charge on any atom is -0.497 e. The third-order valence-electron chi connectivity index (χ3n) is 5.15. The van der Waals surface area contributed by atoms with E-state index in [0.29, 0.717) is 11.3 Å². The van der Waals surface area contributed by atoms with E-state index in [9.17, 15) is 9.18 Å². The van der Waals surface area contributed by atoms with Crippen molar-refractivity contribution in [3.05, 3.63) is 95.8 Å². The van der Waals surface area contributed by atoms with E-state index in [1.165, 1.54) is 18.2 Å². The SMILES string of the molecule is COc1ccc2c(Oc3ccc(/C=C/C(=O)O)cc3F)c(-c3ccccc3)c(C)cc2c1. The lowest BCUT2D eigenvalue weighted by Crippen LogP contribution is -1.96. The Bertz CT molecular complexity index is 1330. The van der Waals surface area contributed by atoms with Gasteiger partial charge in [-0.05, 0) is 65.4 Å². The number of carboxylic acids is 1. The van der Waals surface area contributed by atoms with Crippen LogP contribution in [0.1, 0.15) is 11.1 Å². The average Bonchev–Trinajstić information content (AvgIpc) is 2.79. The Hall–Kier alpha value is -4.12. The first-order chi connectivity index (χ1) is 15.5. The number of aryl methyl sites for hydroxylation is 1. The number of hydrogen-bond donors (Lipinski definition) is 1. The van der Waals surface area contributed by atoms with Crippen LogP contribution in [0.4, 0.5) is 4.39 Å². The van der Waals surface area contributed by atoms with E-state index in [0.717, 1.165) is 39.3 Å². The molecule has 4 nitrogen and oxygen atoms in total. The molecule has 4 rings (SSSR count). The van der Waals surface area contributed by atoms with Crippen LogP contribution in [-0.2, 0) is 4.79 Å². The summed E-state index contributed by atoms with van der Waals surface area (Å²) >= 11 is 0. The summed E-state index contributed by atoms with van der Waals surface area (Å²) in [5, 5.41) is 10.5. The number of methoxy groups -OCH3 is 1. The number of halogens is 1. The third-order valence-corrected chi connectivity index (χ3v) is 5.15. The van der Waals surface area contributed by atoms with Gasteiger partial charge in [0.1, 0.15) is 11.5 Å². The molecule has 0 radical (unpaired) electrons. The van der Waals surface area contributed by atoms with E-state index in [-0.39, 0.29) is 5.75 Å². The lowest BCUT2D eigenvalue weighted by atomic mass is 9.94. The second-order valence-electron chi connectivity index (χ2n) is 7.31. The van der Waals surface area contributed by atoms with E-state index < -0.39 is 11.8 Å². The fourth-order valence-corrected chi connectivity index (χ4v) is 3.66. The van der Waals surface area contributed by atoms with Crippen molar-refractivity contribution in [2.75, 3.05) is 7.11 Å². The van der Waals surface area contributed by atoms with Crippen molar-refractivity contribution in [3.8, 4) is 28.4 Å². The van der Waals surface area contributed by atoms with Crippen molar-refractivity contribution in [1.82, 2.24) is 0 Å².